The molecule has 5 aromatic rings. The molecule has 13 nitrogen and oxygen atoms in total. The van der Waals surface area contributed by atoms with Gasteiger partial charge in [0.1, 0.15) is 18.1 Å². The first-order valence-electron chi connectivity index (χ1n) is 19.1. The number of rotatable bonds is 7. The smallest absolute Gasteiger partial charge is 0.328 e. The lowest BCUT2D eigenvalue weighted by atomic mass is 9.71. The molecule has 14 heteroatoms. The van der Waals surface area contributed by atoms with Crippen LogP contribution in [0.25, 0.3) is 22.0 Å². The van der Waals surface area contributed by atoms with E-state index in [0.717, 1.165) is 82.7 Å². The third kappa shape index (κ3) is 6.69. The van der Waals surface area contributed by atoms with Crippen molar-refractivity contribution >= 4 is 57.4 Å². The number of hydrogen-bond acceptors (Lipinski definition) is 10. The van der Waals surface area contributed by atoms with E-state index < -0.39 is 5.82 Å². The molecule has 286 valence electrons. The van der Waals surface area contributed by atoms with Crippen LogP contribution in [0.2, 0.25) is 0 Å². The molecular formula is C42H42FN9O4. The highest BCUT2D eigenvalue weighted by molar-refractivity contribution is 6.06. The first-order valence-corrected chi connectivity index (χ1v) is 19.1. The van der Waals surface area contributed by atoms with Crippen LogP contribution in [0.15, 0.2) is 67.0 Å². The van der Waals surface area contributed by atoms with E-state index in [2.05, 4.69) is 36.9 Å². The second-order valence-electron chi connectivity index (χ2n) is 15.3. The van der Waals surface area contributed by atoms with Crippen LogP contribution in [0.1, 0.15) is 36.0 Å². The normalized spacial score (nSPS) is 17.5. The summed E-state index contributed by atoms with van der Waals surface area (Å²) in [4.78, 5) is 56.7. The number of hydrogen-bond donors (Lipinski definition) is 3. The largest absolute Gasteiger partial charge is 0.474 e. The number of aromatic nitrogens is 3. The van der Waals surface area contributed by atoms with Gasteiger partial charge in [0.2, 0.25) is 23.6 Å². The fourth-order valence-electron chi connectivity index (χ4n) is 8.36. The second kappa shape index (κ2) is 14.1. The summed E-state index contributed by atoms with van der Waals surface area (Å²) in [6, 6.07) is 16.5. The number of imide groups is 1. The molecule has 0 saturated carbocycles. The summed E-state index contributed by atoms with van der Waals surface area (Å²) in [6.45, 7) is 8.79. The number of benzene rings is 3. The highest BCUT2D eigenvalue weighted by Gasteiger charge is 2.46. The Kier molecular flexibility index (Phi) is 8.90. The van der Waals surface area contributed by atoms with Crippen molar-refractivity contribution in [3.05, 3.63) is 89.5 Å². The molecule has 0 unspecified atom stereocenters. The molecule has 0 atom stereocenters. The van der Waals surface area contributed by atoms with Gasteiger partial charge >= 0.3 is 6.03 Å². The van der Waals surface area contributed by atoms with Gasteiger partial charge in [-0.2, -0.15) is 0 Å². The van der Waals surface area contributed by atoms with Gasteiger partial charge in [-0.25, -0.2) is 24.1 Å². The Labute approximate surface area is 323 Å². The lowest BCUT2D eigenvalue weighted by Crippen LogP contribution is -2.62. The molecule has 3 saturated heterocycles. The maximum Gasteiger partial charge on any atom is 0.328 e. The quantitative estimate of drug-likeness (QED) is 0.178. The van der Waals surface area contributed by atoms with E-state index in [0.29, 0.717) is 49.3 Å². The fourth-order valence-corrected chi connectivity index (χ4v) is 8.36. The van der Waals surface area contributed by atoms with Crippen molar-refractivity contribution in [1.29, 1.82) is 0 Å². The summed E-state index contributed by atoms with van der Waals surface area (Å²) < 4.78 is 21.1. The third-order valence-electron chi connectivity index (χ3n) is 11.6. The number of carbonyl (C=O) groups excluding carboxylic acids is 3. The monoisotopic (exact) mass is 755 g/mol. The first-order chi connectivity index (χ1) is 27.1. The number of halogens is 1. The highest BCUT2D eigenvalue weighted by Crippen LogP contribution is 2.42. The first kappa shape index (κ1) is 35.4. The molecule has 0 radical (unpaired) electrons. The van der Waals surface area contributed by atoms with Gasteiger partial charge in [-0.05, 0) is 85.3 Å². The van der Waals surface area contributed by atoms with Gasteiger partial charge in [0.05, 0.1) is 11.9 Å². The Morgan fingerprint density at radius 2 is 1.82 bits per heavy atom. The highest BCUT2D eigenvalue weighted by atomic mass is 19.1. The van der Waals surface area contributed by atoms with Gasteiger partial charge in [0, 0.05) is 91.5 Å². The maximum atomic E-state index is 15.4. The number of amides is 4. The third-order valence-corrected chi connectivity index (χ3v) is 11.6. The van der Waals surface area contributed by atoms with Gasteiger partial charge in [0.15, 0.2) is 0 Å². The van der Waals surface area contributed by atoms with Crippen LogP contribution >= 0.6 is 0 Å². The molecule has 6 heterocycles. The van der Waals surface area contributed by atoms with E-state index in [9.17, 15) is 14.4 Å². The number of ether oxygens (including phenoxy) is 1. The predicted octanol–water partition coefficient (Wildman–Crippen LogP) is 6.11. The number of aryl methyl sites for hydroxylation is 1. The second-order valence-corrected chi connectivity index (χ2v) is 15.3. The standard InChI is InChI=1S/C42H42FN9O4/c1-25-17-31(7-8-35(25)52-13-9-36(53)49-41(52)55)50-14-10-42(11-15-50)23-51(24-42)37(54)19-28-5-6-30(20-33(28)43)47-40-46-21-29-4-3-27(18-34(29)48-40)32-22-45-39-38(26(32)2)44-12-16-56-39/h3-8,17-18,20-22,44H,9-16,19,23-24H2,1-2H3,(H,46,47,48)(H,49,53,55). The number of anilines is 5. The molecule has 2 aromatic heterocycles. The summed E-state index contributed by atoms with van der Waals surface area (Å²) in [6.07, 6.45) is 5.75. The Balaban J connectivity index is 0.791. The minimum Gasteiger partial charge on any atom is -0.474 e. The molecule has 1 spiro atoms. The van der Waals surface area contributed by atoms with Crippen molar-refractivity contribution in [2.75, 3.05) is 66.3 Å². The van der Waals surface area contributed by atoms with Crippen LogP contribution in [-0.2, 0) is 16.0 Å². The molecule has 0 aliphatic carbocycles. The van der Waals surface area contributed by atoms with E-state index in [1.807, 2.05) is 55.3 Å². The van der Waals surface area contributed by atoms with Gasteiger partial charge < -0.3 is 25.2 Å². The lowest BCUT2D eigenvalue weighted by Gasteiger charge is -2.54. The zero-order valence-electron chi connectivity index (χ0n) is 31.3. The molecule has 4 amide bonds. The Bertz CT molecular complexity index is 2410. The van der Waals surface area contributed by atoms with E-state index in [1.54, 1.807) is 23.2 Å². The summed E-state index contributed by atoms with van der Waals surface area (Å²) >= 11 is 0. The van der Waals surface area contributed by atoms with Gasteiger partial charge in [-0.3, -0.25) is 19.8 Å². The molecule has 4 aliphatic rings. The molecular weight excluding hydrogens is 714 g/mol. The average Bonchev–Trinajstić information content (AvgIpc) is 3.18. The Morgan fingerprint density at radius 1 is 0.982 bits per heavy atom. The summed E-state index contributed by atoms with van der Waals surface area (Å²) in [5.41, 5.74) is 8.42. The average molecular weight is 756 g/mol. The van der Waals surface area contributed by atoms with Crippen molar-refractivity contribution in [2.45, 2.75) is 39.5 Å². The number of urea groups is 1. The minimum atomic E-state index is -0.460. The number of nitrogens with zero attached hydrogens (tertiary/aromatic N) is 6. The fraction of sp³-hybridized carbons (Fsp3) is 0.333. The van der Waals surface area contributed by atoms with Crippen LogP contribution < -0.4 is 30.5 Å². The molecule has 0 bridgehead atoms. The lowest BCUT2D eigenvalue weighted by molar-refractivity contribution is -0.144. The van der Waals surface area contributed by atoms with Gasteiger partial charge in [-0.15, -0.1) is 0 Å². The van der Waals surface area contributed by atoms with Crippen molar-refractivity contribution in [3.63, 3.8) is 0 Å². The molecule has 3 N–H and O–H groups in total. The number of pyridine rings is 1. The van der Waals surface area contributed by atoms with Crippen LogP contribution in [0.5, 0.6) is 5.88 Å². The summed E-state index contributed by atoms with van der Waals surface area (Å²) in [5.74, 6) is 0.165. The van der Waals surface area contributed by atoms with E-state index in [-0.39, 0.29) is 36.1 Å². The molecule has 3 fully saturated rings. The Hall–Kier alpha value is -6.31. The van der Waals surface area contributed by atoms with E-state index >= 15 is 4.39 Å². The molecule has 3 aromatic carbocycles. The van der Waals surface area contributed by atoms with Crippen molar-refractivity contribution in [1.82, 2.24) is 25.2 Å². The zero-order valence-corrected chi connectivity index (χ0v) is 31.3. The predicted molar refractivity (Wildman–Crippen MR) is 212 cm³/mol. The van der Waals surface area contributed by atoms with Gasteiger partial charge in [0.25, 0.3) is 0 Å². The SMILES string of the molecule is Cc1cc(N2CCC3(CC2)CN(C(=O)Cc2ccc(Nc4ncc5ccc(-c6cnc7c(c6C)NCCO7)cc5n4)cc2F)C3)ccc1N1CCC(=O)NC1=O. The summed E-state index contributed by atoms with van der Waals surface area (Å²) in [5, 5.41) is 9.76. The maximum absolute atomic E-state index is 15.4. The van der Waals surface area contributed by atoms with E-state index in [4.69, 9.17) is 9.72 Å². The number of fused-ring (bicyclic) bond motifs is 2. The van der Waals surface area contributed by atoms with Crippen molar-refractivity contribution < 1.29 is 23.5 Å². The molecule has 4 aliphatic heterocycles. The number of nitrogens with one attached hydrogen (secondary N) is 3. The molecule has 56 heavy (non-hydrogen) atoms. The Morgan fingerprint density at radius 3 is 2.61 bits per heavy atom. The topological polar surface area (TPSA) is 145 Å². The minimum absolute atomic E-state index is 0.00297. The van der Waals surface area contributed by atoms with E-state index in [1.165, 1.54) is 6.07 Å². The van der Waals surface area contributed by atoms with Crippen molar-refractivity contribution in [2.24, 2.45) is 5.41 Å². The van der Waals surface area contributed by atoms with Crippen LogP contribution in [0, 0.1) is 25.1 Å². The van der Waals surface area contributed by atoms with Gasteiger partial charge in [-0.1, -0.05) is 18.2 Å². The number of likely N-dealkylation sites (tertiary alicyclic amines) is 1. The number of piperidine rings is 1. The number of carbonyl (C=O) groups is 3. The summed E-state index contributed by atoms with van der Waals surface area (Å²) in [7, 11) is 0. The van der Waals surface area contributed by atoms with Crippen molar-refractivity contribution in [3.8, 4) is 17.0 Å². The van der Waals surface area contributed by atoms with Crippen LogP contribution in [-0.4, -0.2) is 83.6 Å². The zero-order chi connectivity index (χ0) is 38.6. The van der Waals surface area contributed by atoms with Crippen LogP contribution in [0.4, 0.5) is 37.9 Å². The molecule has 9 rings (SSSR count). The van der Waals surface area contributed by atoms with Crippen LogP contribution in [0.3, 0.4) is 0 Å².